The number of aromatic nitrogens is 2. The molecule has 0 aliphatic carbocycles. The van der Waals surface area contributed by atoms with Crippen molar-refractivity contribution in [3.8, 4) is 0 Å². The fourth-order valence-corrected chi connectivity index (χ4v) is 1.73. The van der Waals surface area contributed by atoms with E-state index >= 15 is 0 Å². The topological polar surface area (TPSA) is 67.2 Å². The molecule has 1 aromatic heterocycles. The third kappa shape index (κ3) is 3.61. The van der Waals surface area contributed by atoms with Crippen LogP contribution in [0.2, 0.25) is 5.15 Å². The molecular formula is C14H22ClN3O2. The molecule has 0 saturated heterocycles. The minimum atomic E-state index is -1.03. The summed E-state index contributed by atoms with van der Waals surface area (Å²) in [6.07, 6.45) is 3.02. The summed E-state index contributed by atoms with van der Waals surface area (Å²) in [5.74, 6) is -0.295. The molecule has 1 aromatic rings. The number of halogens is 1. The number of amides is 1. The highest BCUT2D eigenvalue weighted by Crippen LogP contribution is 2.22. The van der Waals surface area contributed by atoms with Gasteiger partial charge in [0.05, 0.1) is 16.8 Å². The quantitative estimate of drug-likeness (QED) is 0.836. The molecule has 0 bridgehead atoms. The van der Waals surface area contributed by atoms with Crippen molar-refractivity contribution in [3.63, 3.8) is 0 Å². The first-order chi connectivity index (χ1) is 8.95. The first-order valence-electron chi connectivity index (χ1n) is 6.37. The normalized spacial score (nSPS) is 13.0. The van der Waals surface area contributed by atoms with Gasteiger partial charge in [-0.3, -0.25) is 9.48 Å². The van der Waals surface area contributed by atoms with Gasteiger partial charge in [0.2, 0.25) is 5.91 Å². The van der Waals surface area contributed by atoms with Crippen LogP contribution in [0.3, 0.4) is 0 Å². The van der Waals surface area contributed by atoms with E-state index in [1.54, 1.807) is 45.5 Å². The smallest absolute Gasteiger partial charge is 0.244 e. The van der Waals surface area contributed by atoms with Crippen LogP contribution in [0.4, 0.5) is 0 Å². The lowest BCUT2D eigenvalue weighted by Crippen LogP contribution is -2.57. The Morgan fingerprint density at radius 3 is 2.35 bits per heavy atom. The standard InChI is InChI=1S/C14H22ClN3O2/c1-9-10(12(15)18(6)17-9)7-8-11(19)16-13(2,3)14(4,5)20/h7-8,20H,1-6H3,(H,16,19)/b8-7+. The molecular weight excluding hydrogens is 278 g/mol. The van der Waals surface area contributed by atoms with Gasteiger partial charge in [0.15, 0.2) is 0 Å². The van der Waals surface area contributed by atoms with Gasteiger partial charge in [-0.25, -0.2) is 0 Å². The minimum absolute atomic E-state index is 0.295. The summed E-state index contributed by atoms with van der Waals surface area (Å²) in [6.45, 7) is 8.66. The number of carbonyl (C=O) groups excluding carboxylic acids is 1. The number of aliphatic hydroxyl groups is 1. The molecule has 0 atom stereocenters. The summed E-state index contributed by atoms with van der Waals surface area (Å²) in [5, 5.41) is 17.4. The Morgan fingerprint density at radius 1 is 1.40 bits per heavy atom. The maximum Gasteiger partial charge on any atom is 0.244 e. The SMILES string of the molecule is Cc1nn(C)c(Cl)c1/C=C/C(=O)NC(C)(C)C(C)(C)O. The van der Waals surface area contributed by atoms with Gasteiger partial charge in [0.1, 0.15) is 5.15 Å². The van der Waals surface area contributed by atoms with Gasteiger partial charge < -0.3 is 10.4 Å². The van der Waals surface area contributed by atoms with Gasteiger partial charge >= 0.3 is 0 Å². The van der Waals surface area contributed by atoms with Crippen LogP contribution >= 0.6 is 11.6 Å². The van der Waals surface area contributed by atoms with Crippen molar-refractivity contribution >= 4 is 23.6 Å². The largest absolute Gasteiger partial charge is 0.388 e. The third-order valence-corrected chi connectivity index (χ3v) is 4.01. The first-order valence-corrected chi connectivity index (χ1v) is 6.75. The van der Waals surface area contributed by atoms with E-state index in [2.05, 4.69) is 10.4 Å². The van der Waals surface area contributed by atoms with Crippen molar-refractivity contribution in [2.45, 2.75) is 45.8 Å². The predicted octanol–water partition coefficient (Wildman–Crippen LogP) is 2.06. The summed E-state index contributed by atoms with van der Waals surface area (Å²) in [5.41, 5.74) is -0.311. The zero-order valence-corrected chi connectivity index (χ0v) is 13.5. The molecule has 0 unspecified atom stereocenters. The Morgan fingerprint density at radius 2 is 1.95 bits per heavy atom. The molecule has 0 aliphatic rings. The highest BCUT2D eigenvalue weighted by molar-refractivity contribution is 6.31. The van der Waals surface area contributed by atoms with Crippen LogP contribution in [0, 0.1) is 6.92 Å². The van der Waals surface area contributed by atoms with Crippen LogP contribution in [-0.4, -0.2) is 31.9 Å². The third-order valence-electron chi connectivity index (χ3n) is 3.56. The van der Waals surface area contributed by atoms with Gasteiger partial charge in [-0.1, -0.05) is 11.6 Å². The Hall–Kier alpha value is -1.33. The van der Waals surface area contributed by atoms with E-state index in [1.807, 2.05) is 6.92 Å². The Labute approximate surface area is 124 Å². The van der Waals surface area contributed by atoms with E-state index in [0.717, 1.165) is 5.69 Å². The number of hydrogen-bond donors (Lipinski definition) is 2. The van der Waals surface area contributed by atoms with Crippen molar-refractivity contribution in [1.82, 2.24) is 15.1 Å². The average Bonchev–Trinajstić information content (AvgIpc) is 2.48. The number of rotatable bonds is 4. The van der Waals surface area contributed by atoms with E-state index in [1.165, 1.54) is 6.08 Å². The number of nitrogens with zero attached hydrogens (tertiary/aromatic N) is 2. The lowest BCUT2D eigenvalue weighted by molar-refractivity contribution is -0.121. The van der Waals surface area contributed by atoms with E-state index in [0.29, 0.717) is 10.7 Å². The van der Waals surface area contributed by atoms with E-state index in [-0.39, 0.29) is 5.91 Å². The van der Waals surface area contributed by atoms with E-state index in [9.17, 15) is 9.90 Å². The molecule has 0 saturated carbocycles. The predicted molar refractivity (Wildman–Crippen MR) is 80.5 cm³/mol. The zero-order chi connectivity index (χ0) is 15.7. The molecule has 1 rings (SSSR count). The molecule has 0 fully saturated rings. The van der Waals surface area contributed by atoms with Crippen LogP contribution in [-0.2, 0) is 11.8 Å². The number of hydrogen-bond acceptors (Lipinski definition) is 3. The summed E-state index contributed by atoms with van der Waals surface area (Å²) in [4.78, 5) is 11.9. The molecule has 6 heteroatoms. The maximum atomic E-state index is 11.9. The van der Waals surface area contributed by atoms with Crippen LogP contribution in [0.25, 0.3) is 6.08 Å². The number of aryl methyl sites for hydroxylation is 2. The maximum absolute atomic E-state index is 11.9. The molecule has 0 spiro atoms. The van der Waals surface area contributed by atoms with Crippen molar-refractivity contribution in [1.29, 1.82) is 0 Å². The Kier molecular flexibility index (Phi) is 4.66. The Bertz CT molecular complexity index is 539. The molecule has 20 heavy (non-hydrogen) atoms. The second-order valence-electron chi connectivity index (χ2n) is 5.92. The lowest BCUT2D eigenvalue weighted by Gasteiger charge is -2.37. The number of carbonyl (C=O) groups is 1. The molecule has 0 aliphatic heterocycles. The van der Waals surface area contributed by atoms with Crippen molar-refractivity contribution in [3.05, 3.63) is 22.5 Å². The molecule has 5 nitrogen and oxygen atoms in total. The minimum Gasteiger partial charge on any atom is -0.388 e. The van der Waals surface area contributed by atoms with Crippen LogP contribution in [0.15, 0.2) is 6.08 Å². The van der Waals surface area contributed by atoms with Gasteiger partial charge in [-0.05, 0) is 40.7 Å². The second kappa shape index (κ2) is 5.58. The monoisotopic (exact) mass is 299 g/mol. The van der Waals surface area contributed by atoms with Crippen LogP contribution in [0.5, 0.6) is 0 Å². The number of nitrogens with one attached hydrogen (secondary N) is 1. The van der Waals surface area contributed by atoms with Crippen molar-refractivity contribution < 1.29 is 9.90 Å². The van der Waals surface area contributed by atoms with Crippen LogP contribution in [0.1, 0.15) is 39.0 Å². The lowest BCUT2D eigenvalue weighted by atomic mass is 9.86. The van der Waals surface area contributed by atoms with Gasteiger partial charge in [-0.2, -0.15) is 5.10 Å². The zero-order valence-electron chi connectivity index (χ0n) is 12.8. The van der Waals surface area contributed by atoms with Gasteiger partial charge in [-0.15, -0.1) is 0 Å². The summed E-state index contributed by atoms with van der Waals surface area (Å²) < 4.78 is 1.55. The summed E-state index contributed by atoms with van der Waals surface area (Å²) >= 11 is 6.08. The first kappa shape index (κ1) is 16.7. The fraction of sp³-hybridized carbons (Fsp3) is 0.571. The van der Waals surface area contributed by atoms with Crippen molar-refractivity contribution in [2.24, 2.45) is 7.05 Å². The average molecular weight is 300 g/mol. The second-order valence-corrected chi connectivity index (χ2v) is 6.28. The highest BCUT2D eigenvalue weighted by Gasteiger charge is 2.35. The molecule has 0 aromatic carbocycles. The Balaban J connectivity index is 2.84. The van der Waals surface area contributed by atoms with E-state index in [4.69, 9.17) is 11.6 Å². The van der Waals surface area contributed by atoms with Gasteiger partial charge in [0, 0.05) is 18.7 Å². The van der Waals surface area contributed by atoms with Gasteiger partial charge in [0.25, 0.3) is 0 Å². The van der Waals surface area contributed by atoms with E-state index < -0.39 is 11.1 Å². The summed E-state index contributed by atoms with van der Waals surface area (Å²) in [7, 11) is 1.74. The highest BCUT2D eigenvalue weighted by atomic mass is 35.5. The van der Waals surface area contributed by atoms with Crippen molar-refractivity contribution in [2.75, 3.05) is 0 Å². The molecule has 2 N–H and O–H groups in total. The fourth-order valence-electron chi connectivity index (χ4n) is 1.50. The summed E-state index contributed by atoms with van der Waals surface area (Å²) in [6, 6.07) is 0. The molecule has 1 heterocycles. The molecule has 112 valence electrons. The molecule has 1 amide bonds. The molecule has 0 radical (unpaired) electrons. The van der Waals surface area contributed by atoms with Crippen LogP contribution < -0.4 is 5.32 Å².